The molecule has 0 heterocycles. The Bertz CT molecular complexity index is 672. The smallest absolute Gasteiger partial charge is 0.280 e. The summed E-state index contributed by atoms with van der Waals surface area (Å²) in [5.74, 6) is 0.169. The van der Waals surface area contributed by atoms with Gasteiger partial charge in [-0.1, -0.05) is 41.4 Å². The highest BCUT2D eigenvalue weighted by atomic mass is 35.5. The second-order valence-corrected chi connectivity index (χ2v) is 5.38. The van der Waals surface area contributed by atoms with Gasteiger partial charge in [-0.15, -0.1) is 0 Å². The molecular formula is C16H14Cl2N2O2. The van der Waals surface area contributed by atoms with Crippen molar-refractivity contribution in [2.75, 3.05) is 0 Å². The van der Waals surface area contributed by atoms with Crippen molar-refractivity contribution < 1.29 is 9.53 Å². The molecule has 0 radical (unpaired) electrons. The summed E-state index contributed by atoms with van der Waals surface area (Å²) in [4.78, 5) is 11.9. The van der Waals surface area contributed by atoms with E-state index in [4.69, 9.17) is 27.9 Å². The Hall–Kier alpha value is -2.04. The molecule has 0 saturated carbocycles. The minimum Gasteiger partial charge on any atom is -0.481 e. The number of ether oxygens (including phenoxy) is 1. The highest BCUT2D eigenvalue weighted by Crippen LogP contribution is 2.18. The summed E-state index contributed by atoms with van der Waals surface area (Å²) in [5.41, 5.74) is 3.25. The van der Waals surface area contributed by atoms with Crippen LogP contribution in [0.15, 0.2) is 53.6 Å². The van der Waals surface area contributed by atoms with Gasteiger partial charge in [-0.2, -0.15) is 5.10 Å². The van der Waals surface area contributed by atoms with Crippen LogP contribution in [-0.2, 0) is 4.79 Å². The summed E-state index contributed by atoms with van der Waals surface area (Å²) in [6, 6.07) is 13.9. The van der Waals surface area contributed by atoms with E-state index >= 15 is 0 Å². The fraction of sp³-hybridized carbons (Fsp3) is 0.125. The van der Waals surface area contributed by atoms with Gasteiger partial charge in [-0.05, 0) is 42.8 Å². The van der Waals surface area contributed by atoms with Gasteiger partial charge in [0.05, 0.1) is 6.21 Å². The molecule has 114 valence electrons. The van der Waals surface area contributed by atoms with Gasteiger partial charge in [0.15, 0.2) is 6.10 Å². The van der Waals surface area contributed by atoms with E-state index in [9.17, 15) is 4.79 Å². The zero-order valence-corrected chi connectivity index (χ0v) is 13.3. The summed E-state index contributed by atoms with van der Waals surface area (Å²) in [6.07, 6.45) is 0.834. The highest BCUT2D eigenvalue weighted by Gasteiger charge is 2.13. The molecule has 0 unspecified atom stereocenters. The molecule has 0 aromatic heterocycles. The first-order chi connectivity index (χ1) is 10.5. The zero-order valence-electron chi connectivity index (χ0n) is 11.8. The normalized spacial score (nSPS) is 12.1. The molecule has 0 fully saturated rings. The number of amides is 1. The molecule has 0 saturated heterocycles. The predicted octanol–water partition coefficient (Wildman–Crippen LogP) is 3.91. The molecule has 0 bridgehead atoms. The van der Waals surface area contributed by atoms with E-state index < -0.39 is 6.10 Å². The summed E-state index contributed by atoms with van der Waals surface area (Å²) in [7, 11) is 0. The number of hydrogen-bond acceptors (Lipinski definition) is 3. The van der Waals surface area contributed by atoms with Crippen LogP contribution < -0.4 is 10.2 Å². The first-order valence-electron chi connectivity index (χ1n) is 6.55. The number of halogens is 2. The first-order valence-corrected chi connectivity index (χ1v) is 7.31. The van der Waals surface area contributed by atoms with Gasteiger partial charge in [0.25, 0.3) is 5.91 Å². The molecule has 1 N–H and O–H groups in total. The molecular weight excluding hydrogens is 323 g/mol. The molecule has 0 aliphatic heterocycles. The lowest BCUT2D eigenvalue weighted by Crippen LogP contribution is -2.33. The predicted molar refractivity (Wildman–Crippen MR) is 88.7 cm³/mol. The van der Waals surface area contributed by atoms with E-state index in [1.807, 2.05) is 0 Å². The summed E-state index contributed by atoms with van der Waals surface area (Å²) >= 11 is 11.6. The third-order valence-corrected chi connectivity index (χ3v) is 3.22. The average molecular weight is 337 g/mol. The van der Waals surface area contributed by atoms with Gasteiger partial charge in [0, 0.05) is 10.0 Å². The van der Waals surface area contributed by atoms with Crippen LogP contribution in [0.5, 0.6) is 5.75 Å². The third-order valence-electron chi connectivity index (χ3n) is 2.74. The number of hydrogen-bond donors (Lipinski definition) is 1. The maximum absolute atomic E-state index is 11.9. The van der Waals surface area contributed by atoms with Gasteiger partial charge in [0.1, 0.15) is 5.75 Å². The average Bonchev–Trinajstić information content (AvgIpc) is 2.49. The molecule has 22 heavy (non-hydrogen) atoms. The van der Waals surface area contributed by atoms with Crippen molar-refractivity contribution in [1.29, 1.82) is 0 Å². The van der Waals surface area contributed by atoms with Crippen LogP contribution in [0.4, 0.5) is 0 Å². The lowest BCUT2D eigenvalue weighted by molar-refractivity contribution is -0.127. The van der Waals surface area contributed by atoms with Gasteiger partial charge < -0.3 is 4.74 Å². The maximum atomic E-state index is 11.9. The number of nitrogens with zero attached hydrogens (tertiary/aromatic N) is 1. The Kier molecular flexibility index (Phi) is 5.81. The molecule has 4 nitrogen and oxygen atoms in total. The van der Waals surface area contributed by atoms with Crippen LogP contribution in [0, 0.1) is 0 Å². The number of carbonyl (C=O) groups is 1. The molecule has 1 atom stereocenters. The molecule has 2 rings (SSSR count). The van der Waals surface area contributed by atoms with E-state index in [1.165, 1.54) is 6.21 Å². The lowest BCUT2D eigenvalue weighted by atomic mass is 10.2. The van der Waals surface area contributed by atoms with Gasteiger partial charge >= 0.3 is 0 Å². The van der Waals surface area contributed by atoms with Crippen LogP contribution in [0.3, 0.4) is 0 Å². The maximum Gasteiger partial charge on any atom is 0.280 e. The number of rotatable bonds is 5. The van der Waals surface area contributed by atoms with Crippen molar-refractivity contribution in [2.24, 2.45) is 5.10 Å². The van der Waals surface area contributed by atoms with Crippen LogP contribution in [0.1, 0.15) is 12.5 Å². The molecule has 2 aromatic rings. The molecule has 0 spiro atoms. The van der Waals surface area contributed by atoms with E-state index in [0.29, 0.717) is 15.8 Å². The summed E-state index contributed by atoms with van der Waals surface area (Å²) in [6.45, 7) is 1.63. The van der Waals surface area contributed by atoms with Crippen LogP contribution in [0.25, 0.3) is 0 Å². The largest absolute Gasteiger partial charge is 0.481 e. The van der Waals surface area contributed by atoms with Gasteiger partial charge in [0.2, 0.25) is 0 Å². The number of hydrazone groups is 1. The Morgan fingerprint density at radius 1 is 1.18 bits per heavy atom. The van der Waals surface area contributed by atoms with Crippen molar-refractivity contribution in [1.82, 2.24) is 5.43 Å². The summed E-state index contributed by atoms with van der Waals surface area (Å²) < 4.78 is 5.49. The minimum atomic E-state index is -0.694. The molecule has 0 aliphatic carbocycles. The van der Waals surface area contributed by atoms with E-state index in [1.54, 1.807) is 55.5 Å². The first kappa shape index (κ1) is 16.3. The fourth-order valence-electron chi connectivity index (χ4n) is 1.61. The molecule has 2 aromatic carbocycles. The van der Waals surface area contributed by atoms with Crippen LogP contribution >= 0.6 is 23.2 Å². The van der Waals surface area contributed by atoms with Crippen molar-refractivity contribution in [3.63, 3.8) is 0 Å². The Labute approximate surface area is 138 Å². The van der Waals surface area contributed by atoms with E-state index in [2.05, 4.69) is 10.5 Å². The Balaban J connectivity index is 1.87. The monoisotopic (exact) mass is 336 g/mol. The van der Waals surface area contributed by atoms with Crippen molar-refractivity contribution in [3.05, 3.63) is 64.1 Å². The Morgan fingerprint density at radius 2 is 1.91 bits per heavy atom. The van der Waals surface area contributed by atoms with Crippen molar-refractivity contribution in [2.45, 2.75) is 13.0 Å². The van der Waals surface area contributed by atoms with Crippen LogP contribution in [-0.4, -0.2) is 18.2 Å². The second-order valence-electron chi connectivity index (χ2n) is 4.50. The fourth-order valence-corrected chi connectivity index (χ4v) is 1.91. The van der Waals surface area contributed by atoms with E-state index in [0.717, 1.165) is 5.56 Å². The molecule has 0 aliphatic rings. The number of nitrogens with one attached hydrogen (secondary N) is 1. The number of benzene rings is 2. The third kappa shape index (κ3) is 5.06. The summed E-state index contributed by atoms with van der Waals surface area (Å²) in [5, 5.41) is 5.07. The lowest BCUT2D eigenvalue weighted by Gasteiger charge is -2.12. The van der Waals surface area contributed by atoms with Crippen molar-refractivity contribution in [3.8, 4) is 5.75 Å². The molecule has 1 amide bonds. The Morgan fingerprint density at radius 3 is 2.59 bits per heavy atom. The molecule has 6 heteroatoms. The van der Waals surface area contributed by atoms with Gasteiger partial charge in [-0.25, -0.2) is 5.43 Å². The number of carbonyl (C=O) groups excluding carboxylic acids is 1. The zero-order chi connectivity index (χ0) is 15.9. The van der Waals surface area contributed by atoms with Crippen LogP contribution in [0.2, 0.25) is 10.0 Å². The quantitative estimate of drug-likeness (QED) is 0.664. The minimum absolute atomic E-state index is 0.356. The van der Waals surface area contributed by atoms with Gasteiger partial charge in [-0.3, -0.25) is 4.79 Å². The topological polar surface area (TPSA) is 50.7 Å². The standard InChI is InChI=1S/C16H14Cl2N2O2/c1-11(22-15-4-2-3-14(18)9-15)16(21)20-19-10-12-5-7-13(17)8-6-12/h2-11H,1H3,(H,20,21)/b19-10-/t11-/m0/s1. The highest BCUT2D eigenvalue weighted by molar-refractivity contribution is 6.30. The van der Waals surface area contributed by atoms with E-state index in [-0.39, 0.29) is 5.91 Å². The second kappa shape index (κ2) is 7.82. The SMILES string of the molecule is C[C@H](Oc1cccc(Cl)c1)C(=O)N/N=C\c1ccc(Cl)cc1. The van der Waals surface area contributed by atoms with Crippen molar-refractivity contribution >= 4 is 35.3 Å².